The Morgan fingerprint density at radius 1 is 1.69 bits per heavy atom. The highest BCUT2D eigenvalue weighted by atomic mass is 16.3. The van der Waals surface area contributed by atoms with Gasteiger partial charge in [-0.3, -0.25) is 4.79 Å². The molecule has 0 aliphatic rings. The van der Waals surface area contributed by atoms with Crippen LogP contribution in [0.15, 0.2) is 18.2 Å². The van der Waals surface area contributed by atoms with Crippen LogP contribution in [0.25, 0.3) is 0 Å². The van der Waals surface area contributed by atoms with Gasteiger partial charge in [-0.15, -0.1) is 0 Å². The number of nitrogens with zero attached hydrogens (tertiary/aromatic N) is 1. The first-order valence-corrected chi connectivity index (χ1v) is 3.92. The van der Waals surface area contributed by atoms with Crippen molar-refractivity contribution in [3.63, 3.8) is 0 Å². The summed E-state index contributed by atoms with van der Waals surface area (Å²) in [7, 11) is 0. The molecule has 1 unspecified atom stereocenters. The normalized spacial score (nSPS) is 15.0. The number of hydrogen-bond acceptors (Lipinski definition) is 4. The highest BCUT2D eigenvalue weighted by Crippen LogP contribution is 2.13. The summed E-state index contributed by atoms with van der Waals surface area (Å²) in [4.78, 5) is 14.4. The Morgan fingerprint density at radius 3 is 2.92 bits per heavy atom. The molecule has 1 aromatic rings. The summed E-state index contributed by atoms with van der Waals surface area (Å²) in [6.45, 7) is 1.45. The van der Waals surface area contributed by atoms with Gasteiger partial charge in [0.2, 0.25) is 0 Å². The van der Waals surface area contributed by atoms with Gasteiger partial charge in [-0.2, -0.15) is 0 Å². The van der Waals surface area contributed by atoms with Crippen molar-refractivity contribution in [2.75, 3.05) is 6.61 Å². The summed E-state index contributed by atoms with van der Waals surface area (Å²) >= 11 is 0. The fraction of sp³-hybridized carbons (Fsp3) is 0.333. The summed E-state index contributed by atoms with van der Waals surface area (Å²) in [6.07, 6.45) is 0.650. The van der Waals surface area contributed by atoms with Gasteiger partial charge >= 0.3 is 0 Å². The first-order chi connectivity index (χ1) is 6.10. The fourth-order valence-electron chi connectivity index (χ4n) is 0.916. The molecular weight excluding hydrogens is 168 g/mol. The van der Waals surface area contributed by atoms with Crippen molar-refractivity contribution < 1.29 is 9.90 Å². The summed E-state index contributed by atoms with van der Waals surface area (Å²) in [5.74, 6) is 0. The third-order valence-electron chi connectivity index (χ3n) is 1.80. The van der Waals surface area contributed by atoms with E-state index in [-0.39, 0.29) is 6.61 Å². The van der Waals surface area contributed by atoms with Crippen molar-refractivity contribution in [2.24, 2.45) is 5.73 Å². The van der Waals surface area contributed by atoms with E-state index in [1.165, 1.54) is 0 Å². The standard InChI is InChI=1S/C9H12N2O2/c1-9(10,6-13)8-4-2-3-7(5-12)11-8/h2-5,13H,6,10H2,1H3. The lowest BCUT2D eigenvalue weighted by Gasteiger charge is -2.20. The molecule has 4 heteroatoms. The van der Waals surface area contributed by atoms with Crippen LogP contribution in [0, 0.1) is 0 Å². The van der Waals surface area contributed by atoms with Gasteiger partial charge in [0.05, 0.1) is 17.8 Å². The number of nitrogens with two attached hydrogens (primary N) is 1. The molecule has 0 aliphatic heterocycles. The lowest BCUT2D eigenvalue weighted by atomic mass is 10.00. The maximum Gasteiger partial charge on any atom is 0.168 e. The highest BCUT2D eigenvalue weighted by molar-refractivity contribution is 5.71. The van der Waals surface area contributed by atoms with E-state index in [1.54, 1.807) is 25.1 Å². The Morgan fingerprint density at radius 2 is 2.38 bits per heavy atom. The van der Waals surface area contributed by atoms with Crippen LogP contribution in [0.3, 0.4) is 0 Å². The zero-order chi connectivity index (χ0) is 9.90. The first kappa shape index (κ1) is 9.83. The number of aliphatic hydroxyl groups excluding tert-OH is 1. The molecule has 1 rings (SSSR count). The van der Waals surface area contributed by atoms with E-state index in [4.69, 9.17) is 10.8 Å². The molecule has 1 atom stereocenters. The van der Waals surface area contributed by atoms with Gasteiger partial charge in [-0.25, -0.2) is 4.98 Å². The predicted octanol–water partition coefficient (Wildman–Crippen LogP) is 0.0603. The predicted molar refractivity (Wildman–Crippen MR) is 48.2 cm³/mol. The molecular formula is C9H12N2O2. The van der Waals surface area contributed by atoms with Crippen LogP contribution < -0.4 is 5.73 Å². The van der Waals surface area contributed by atoms with Crippen molar-refractivity contribution in [1.29, 1.82) is 0 Å². The summed E-state index contributed by atoms with van der Waals surface area (Å²) in [5, 5.41) is 8.96. The minimum Gasteiger partial charge on any atom is -0.394 e. The second kappa shape index (κ2) is 3.64. The number of carbonyl (C=O) groups is 1. The lowest BCUT2D eigenvalue weighted by Crippen LogP contribution is -2.38. The Balaban J connectivity index is 3.08. The SMILES string of the molecule is CC(N)(CO)c1cccc(C=O)n1. The van der Waals surface area contributed by atoms with E-state index < -0.39 is 5.54 Å². The zero-order valence-electron chi connectivity index (χ0n) is 7.40. The van der Waals surface area contributed by atoms with Crippen LogP contribution in [0.1, 0.15) is 23.1 Å². The lowest BCUT2D eigenvalue weighted by molar-refractivity contribution is 0.111. The minimum atomic E-state index is -0.890. The third-order valence-corrected chi connectivity index (χ3v) is 1.80. The van der Waals surface area contributed by atoms with Crippen molar-refractivity contribution in [2.45, 2.75) is 12.5 Å². The van der Waals surface area contributed by atoms with Crippen LogP contribution in [0.4, 0.5) is 0 Å². The van der Waals surface area contributed by atoms with Crippen LogP contribution in [0.5, 0.6) is 0 Å². The Kier molecular flexibility index (Phi) is 2.75. The molecule has 70 valence electrons. The molecule has 13 heavy (non-hydrogen) atoms. The molecule has 1 heterocycles. The zero-order valence-corrected chi connectivity index (χ0v) is 7.40. The molecule has 0 saturated heterocycles. The second-order valence-electron chi connectivity index (χ2n) is 3.14. The smallest absolute Gasteiger partial charge is 0.168 e. The average molecular weight is 180 g/mol. The van der Waals surface area contributed by atoms with Gasteiger partial charge in [-0.05, 0) is 19.1 Å². The number of aliphatic hydroxyl groups is 1. The molecule has 0 saturated carbocycles. The van der Waals surface area contributed by atoms with E-state index in [0.29, 0.717) is 17.7 Å². The summed E-state index contributed by atoms with van der Waals surface area (Å²) < 4.78 is 0. The summed E-state index contributed by atoms with van der Waals surface area (Å²) in [6, 6.07) is 4.96. The Labute approximate surface area is 76.4 Å². The molecule has 3 N–H and O–H groups in total. The van der Waals surface area contributed by atoms with Gasteiger partial charge in [0.15, 0.2) is 6.29 Å². The third kappa shape index (κ3) is 2.11. The fourth-order valence-corrected chi connectivity index (χ4v) is 0.916. The number of rotatable bonds is 3. The van der Waals surface area contributed by atoms with Gasteiger partial charge in [-0.1, -0.05) is 6.07 Å². The molecule has 0 aromatic carbocycles. The second-order valence-corrected chi connectivity index (χ2v) is 3.14. The van der Waals surface area contributed by atoms with Crippen molar-refractivity contribution in [3.05, 3.63) is 29.6 Å². The monoisotopic (exact) mass is 180 g/mol. The van der Waals surface area contributed by atoms with E-state index in [2.05, 4.69) is 4.98 Å². The van der Waals surface area contributed by atoms with E-state index >= 15 is 0 Å². The molecule has 4 nitrogen and oxygen atoms in total. The topological polar surface area (TPSA) is 76.2 Å². The number of pyridine rings is 1. The van der Waals surface area contributed by atoms with Crippen LogP contribution in [0.2, 0.25) is 0 Å². The maximum atomic E-state index is 10.4. The van der Waals surface area contributed by atoms with E-state index in [0.717, 1.165) is 0 Å². The summed E-state index contributed by atoms with van der Waals surface area (Å²) in [5.41, 5.74) is 5.68. The van der Waals surface area contributed by atoms with Gasteiger partial charge in [0, 0.05) is 0 Å². The molecule has 0 fully saturated rings. The molecule has 0 aliphatic carbocycles. The van der Waals surface area contributed by atoms with Crippen LogP contribution >= 0.6 is 0 Å². The molecule has 0 spiro atoms. The molecule has 0 amide bonds. The first-order valence-electron chi connectivity index (χ1n) is 3.92. The van der Waals surface area contributed by atoms with E-state index in [1.807, 2.05) is 0 Å². The quantitative estimate of drug-likeness (QED) is 0.645. The van der Waals surface area contributed by atoms with Crippen molar-refractivity contribution >= 4 is 6.29 Å². The van der Waals surface area contributed by atoms with Crippen molar-refractivity contribution in [1.82, 2.24) is 4.98 Å². The number of aldehydes is 1. The number of aromatic nitrogens is 1. The van der Waals surface area contributed by atoms with Gasteiger partial charge in [0.1, 0.15) is 5.69 Å². The van der Waals surface area contributed by atoms with Gasteiger partial charge < -0.3 is 10.8 Å². The average Bonchev–Trinajstić information content (AvgIpc) is 2.18. The Hall–Kier alpha value is -1.26. The number of carbonyl (C=O) groups excluding carboxylic acids is 1. The maximum absolute atomic E-state index is 10.4. The van der Waals surface area contributed by atoms with Crippen LogP contribution in [-0.4, -0.2) is 23.0 Å². The molecule has 1 aromatic heterocycles. The highest BCUT2D eigenvalue weighted by Gasteiger charge is 2.21. The largest absolute Gasteiger partial charge is 0.394 e. The van der Waals surface area contributed by atoms with Crippen LogP contribution in [-0.2, 0) is 5.54 Å². The molecule has 0 bridgehead atoms. The number of hydrogen-bond donors (Lipinski definition) is 2. The minimum absolute atomic E-state index is 0.206. The van der Waals surface area contributed by atoms with Crippen molar-refractivity contribution in [3.8, 4) is 0 Å². The molecule has 0 radical (unpaired) electrons. The van der Waals surface area contributed by atoms with Gasteiger partial charge in [0.25, 0.3) is 0 Å². The Bertz CT molecular complexity index is 310. The van der Waals surface area contributed by atoms with E-state index in [9.17, 15) is 4.79 Å².